The molecule has 0 fully saturated rings. The lowest BCUT2D eigenvalue weighted by atomic mass is 10.1. The summed E-state index contributed by atoms with van der Waals surface area (Å²) in [6, 6.07) is 0. The van der Waals surface area contributed by atoms with Gasteiger partial charge in [0.2, 0.25) is 0 Å². The minimum atomic E-state index is 0.420. The van der Waals surface area contributed by atoms with Gasteiger partial charge in [-0.3, -0.25) is 9.78 Å². The van der Waals surface area contributed by atoms with Crippen LogP contribution in [0.5, 0.6) is 0 Å². The van der Waals surface area contributed by atoms with E-state index in [4.69, 9.17) is 0 Å². The first-order valence-corrected chi connectivity index (χ1v) is 3.88. The second-order valence-electron chi connectivity index (χ2n) is 2.69. The second-order valence-corrected chi connectivity index (χ2v) is 2.69. The van der Waals surface area contributed by atoms with E-state index in [9.17, 15) is 4.79 Å². The minimum absolute atomic E-state index is 0.420. The summed E-state index contributed by atoms with van der Waals surface area (Å²) in [5.74, 6) is 0. The van der Waals surface area contributed by atoms with Crippen molar-refractivity contribution < 1.29 is 4.79 Å². The summed E-state index contributed by atoms with van der Waals surface area (Å²) in [5.41, 5.74) is 2.25. The zero-order valence-corrected chi connectivity index (χ0v) is 6.53. The van der Waals surface area contributed by atoms with Crippen LogP contribution in [0.1, 0.15) is 28.3 Å². The van der Waals surface area contributed by atoms with Gasteiger partial charge in [0.15, 0.2) is 6.29 Å². The summed E-state index contributed by atoms with van der Waals surface area (Å²) >= 11 is 0. The van der Waals surface area contributed by atoms with Crippen LogP contribution >= 0.6 is 0 Å². The molecule has 1 heterocycles. The fourth-order valence-corrected chi connectivity index (χ4v) is 1.25. The summed E-state index contributed by atoms with van der Waals surface area (Å²) in [6.45, 7) is 0. The molecule has 1 aromatic rings. The SMILES string of the molecule is O=Cc1cnc2c(n1)CCC=C2. The predicted octanol–water partition coefficient (Wildman–Crippen LogP) is 1.25. The molecule has 3 nitrogen and oxygen atoms in total. The van der Waals surface area contributed by atoms with Gasteiger partial charge in [-0.2, -0.15) is 0 Å². The van der Waals surface area contributed by atoms with Gasteiger partial charge in [-0.25, -0.2) is 4.98 Å². The monoisotopic (exact) mass is 160 g/mol. The van der Waals surface area contributed by atoms with E-state index in [1.807, 2.05) is 6.08 Å². The van der Waals surface area contributed by atoms with Crippen LogP contribution in [0.2, 0.25) is 0 Å². The maximum atomic E-state index is 10.4. The Balaban J connectivity index is 2.50. The molecule has 0 atom stereocenters. The highest BCUT2D eigenvalue weighted by atomic mass is 16.1. The van der Waals surface area contributed by atoms with Crippen molar-refractivity contribution in [3.05, 3.63) is 29.4 Å². The molecule has 0 aliphatic heterocycles. The summed E-state index contributed by atoms with van der Waals surface area (Å²) in [6.07, 6.45) is 8.12. The summed E-state index contributed by atoms with van der Waals surface area (Å²) in [4.78, 5) is 18.6. The van der Waals surface area contributed by atoms with E-state index in [0.29, 0.717) is 5.69 Å². The smallest absolute Gasteiger partial charge is 0.170 e. The standard InChI is InChI=1S/C9H8N2O/c12-6-7-5-10-8-3-1-2-4-9(8)11-7/h1,3,5-6H,2,4H2. The maximum absolute atomic E-state index is 10.4. The Labute approximate surface area is 70.2 Å². The fraction of sp³-hybridized carbons (Fsp3) is 0.222. The highest BCUT2D eigenvalue weighted by Gasteiger charge is 2.07. The molecule has 2 rings (SSSR count). The van der Waals surface area contributed by atoms with E-state index in [1.165, 1.54) is 6.20 Å². The van der Waals surface area contributed by atoms with Crippen molar-refractivity contribution in [2.24, 2.45) is 0 Å². The number of aldehydes is 1. The molecule has 0 N–H and O–H groups in total. The Morgan fingerprint density at radius 3 is 3.25 bits per heavy atom. The molecular weight excluding hydrogens is 152 g/mol. The predicted molar refractivity (Wildman–Crippen MR) is 44.8 cm³/mol. The first-order valence-electron chi connectivity index (χ1n) is 3.88. The number of carbonyl (C=O) groups excluding carboxylic acids is 1. The van der Waals surface area contributed by atoms with Crippen molar-refractivity contribution in [2.45, 2.75) is 12.8 Å². The third-order valence-corrected chi connectivity index (χ3v) is 1.84. The van der Waals surface area contributed by atoms with Crippen LogP contribution in [0.25, 0.3) is 6.08 Å². The summed E-state index contributed by atoms with van der Waals surface area (Å²) in [7, 11) is 0. The summed E-state index contributed by atoms with van der Waals surface area (Å²) in [5, 5.41) is 0. The average Bonchev–Trinajstić information content (AvgIpc) is 2.17. The van der Waals surface area contributed by atoms with Crippen LogP contribution in [-0.2, 0) is 6.42 Å². The molecule has 0 unspecified atom stereocenters. The highest BCUT2D eigenvalue weighted by molar-refractivity contribution is 5.71. The molecule has 0 bridgehead atoms. The maximum Gasteiger partial charge on any atom is 0.170 e. The van der Waals surface area contributed by atoms with Crippen LogP contribution in [0.3, 0.4) is 0 Å². The van der Waals surface area contributed by atoms with Crippen molar-refractivity contribution in [3.8, 4) is 0 Å². The van der Waals surface area contributed by atoms with Gasteiger partial charge in [0.05, 0.1) is 17.6 Å². The molecule has 0 saturated carbocycles. The third-order valence-electron chi connectivity index (χ3n) is 1.84. The zero-order chi connectivity index (χ0) is 8.39. The highest BCUT2D eigenvalue weighted by Crippen LogP contribution is 2.13. The van der Waals surface area contributed by atoms with Gasteiger partial charge < -0.3 is 0 Å². The Bertz CT molecular complexity index is 344. The lowest BCUT2D eigenvalue weighted by Gasteiger charge is -2.07. The first kappa shape index (κ1) is 7.16. The number of rotatable bonds is 1. The molecule has 3 heteroatoms. The van der Waals surface area contributed by atoms with Gasteiger partial charge in [0, 0.05) is 0 Å². The molecule has 1 aliphatic carbocycles. The number of aromatic nitrogens is 2. The van der Waals surface area contributed by atoms with E-state index < -0.39 is 0 Å². The molecule has 0 aromatic carbocycles. The largest absolute Gasteiger partial charge is 0.296 e. The lowest BCUT2D eigenvalue weighted by molar-refractivity contribution is 0.111. The van der Waals surface area contributed by atoms with Crippen molar-refractivity contribution in [1.82, 2.24) is 9.97 Å². The average molecular weight is 160 g/mol. The van der Waals surface area contributed by atoms with E-state index in [-0.39, 0.29) is 0 Å². The number of nitrogens with zero attached hydrogens (tertiary/aromatic N) is 2. The molecular formula is C9H8N2O. The van der Waals surface area contributed by atoms with Gasteiger partial charge >= 0.3 is 0 Å². The Morgan fingerprint density at radius 2 is 2.42 bits per heavy atom. The number of carbonyl (C=O) groups is 1. The van der Waals surface area contributed by atoms with Crippen molar-refractivity contribution in [1.29, 1.82) is 0 Å². The van der Waals surface area contributed by atoms with Crippen LogP contribution in [0.15, 0.2) is 12.3 Å². The van der Waals surface area contributed by atoms with Crippen molar-refractivity contribution >= 4 is 12.4 Å². The van der Waals surface area contributed by atoms with Crippen LogP contribution in [0.4, 0.5) is 0 Å². The molecule has 0 radical (unpaired) electrons. The van der Waals surface area contributed by atoms with Crippen molar-refractivity contribution in [3.63, 3.8) is 0 Å². The minimum Gasteiger partial charge on any atom is -0.296 e. The number of fused-ring (bicyclic) bond motifs is 1. The van der Waals surface area contributed by atoms with Crippen LogP contribution < -0.4 is 0 Å². The topological polar surface area (TPSA) is 42.9 Å². The normalized spacial score (nSPS) is 14.0. The second kappa shape index (κ2) is 2.85. The fourth-order valence-electron chi connectivity index (χ4n) is 1.25. The van der Waals surface area contributed by atoms with Gasteiger partial charge in [0.1, 0.15) is 5.69 Å². The van der Waals surface area contributed by atoms with E-state index >= 15 is 0 Å². The van der Waals surface area contributed by atoms with E-state index in [1.54, 1.807) is 0 Å². The van der Waals surface area contributed by atoms with Gasteiger partial charge in [-0.1, -0.05) is 6.08 Å². The van der Waals surface area contributed by atoms with Gasteiger partial charge in [-0.05, 0) is 18.9 Å². The molecule has 0 amide bonds. The number of aryl methyl sites for hydroxylation is 1. The Morgan fingerprint density at radius 1 is 1.50 bits per heavy atom. The van der Waals surface area contributed by atoms with Gasteiger partial charge in [-0.15, -0.1) is 0 Å². The quantitative estimate of drug-likeness (QED) is 0.580. The third kappa shape index (κ3) is 1.13. The number of hydrogen-bond donors (Lipinski definition) is 0. The molecule has 0 saturated heterocycles. The number of allylic oxidation sites excluding steroid dienone is 1. The van der Waals surface area contributed by atoms with E-state index in [0.717, 1.165) is 30.5 Å². The zero-order valence-electron chi connectivity index (χ0n) is 6.53. The van der Waals surface area contributed by atoms with E-state index in [2.05, 4.69) is 16.0 Å². The molecule has 12 heavy (non-hydrogen) atoms. The summed E-state index contributed by atoms with van der Waals surface area (Å²) < 4.78 is 0. The van der Waals surface area contributed by atoms with Crippen LogP contribution in [0, 0.1) is 0 Å². The molecule has 1 aliphatic rings. The molecule has 1 aromatic heterocycles. The van der Waals surface area contributed by atoms with Gasteiger partial charge in [0.25, 0.3) is 0 Å². The Hall–Kier alpha value is -1.51. The lowest BCUT2D eigenvalue weighted by Crippen LogP contribution is -2.03. The molecule has 0 spiro atoms. The number of hydrogen-bond acceptors (Lipinski definition) is 3. The van der Waals surface area contributed by atoms with Crippen LogP contribution in [-0.4, -0.2) is 16.3 Å². The first-order chi connectivity index (χ1) is 5.90. The Kier molecular flexibility index (Phi) is 1.70. The van der Waals surface area contributed by atoms with Crippen molar-refractivity contribution in [2.75, 3.05) is 0 Å². The molecule has 60 valence electrons.